The molecule has 1 aromatic rings. The number of halogens is 2. The summed E-state index contributed by atoms with van der Waals surface area (Å²) in [6, 6.07) is 6.27. The molecule has 0 radical (unpaired) electrons. The van der Waals surface area contributed by atoms with Gasteiger partial charge in [0.25, 0.3) is 0 Å². The van der Waals surface area contributed by atoms with Crippen LogP contribution in [0, 0.1) is 0 Å². The van der Waals surface area contributed by atoms with Gasteiger partial charge < -0.3 is 20.3 Å². The van der Waals surface area contributed by atoms with Crippen LogP contribution in [0.1, 0.15) is 26.3 Å². The van der Waals surface area contributed by atoms with Crippen LogP contribution in [0.5, 0.6) is 5.75 Å². The summed E-state index contributed by atoms with van der Waals surface area (Å²) in [4.78, 5) is 9.84. The van der Waals surface area contributed by atoms with Gasteiger partial charge in [-0.05, 0) is 44.5 Å². The van der Waals surface area contributed by atoms with Crippen LogP contribution in [-0.4, -0.2) is 81.3 Å². The first kappa shape index (κ1) is 26.3. The highest BCUT2D eigenvalue weighted by Gasteiger charge is 2.19. The standard InChI is InChI=1S/C21H36ClN5O.HI/c1-5-23-21(24-10-9-18-7-8-19(28-4)15-20(18)22)25-16-17(3)27-13-11-26(6-2)12-14-27;/h7-8,15,17H,5-6,9-14,16H2,1-4H3,(H2,23,24,25);1H. The Morgan fingerprint density at radius 1 is 1.21 bits per heavy atom. The van der Waals surface area contributed by atoms with Crippen LogP contribution in [0.25, 0.3) is 0 Å². The number of guanidine groups is 1. The third-order valence-electron chi connectivity index (χ3n) is 5.28. The Bertz CT molecular complexity index is 623. The van der Waals surface area contributed by atoms with Gasteiger partial charge in [0.05, 0.1) is 13.7 Å². The van der Waals surface area contributed by atoms with Crippen molar-refractivity contribution in [1.82, 2.24) is 20.4 Å². The normalized spacial score (nSPS) is 16.8. The maximum atomic E-state index is 6.33. The van der Waals surface area contributed by atoms with Crippen molar-refractivity contribution in [2.45, 2.75) is 33.2 Å². The Morgan fingerprint density at radius 3 is 2.52 bits per heavy atom. The maximum absolute atomic E-state index is 6.33. The highest BCUT2D eigenvalue weighted by atomic mass is 127. The molecule has 1 aliphatic heterocycles. The molecule has 1 aromatic carbocycles. The molecule has 0 spiro atoms. The van der Waals surface area contributed by atoms with Crippen molar-refractivity contribution < 1.29 is 4.74 Å². The van der Waals surface area contributed by atoms with Gasteiger partial charge in [-0.15, -0.1) is 24.0 Å². The molecule has 0 aromatic heterocycles. The van der Waals surface area contributed by atoms with Crippen molar-refractivity contribution in [3.05, 3.63) is 28.8 Å². The lowest BCUT2D eigenvalue weighted by molar-refractivity contribution is 0.109. The second kappa shape index (κ2) is 14.3. The van der Waals surface area contributed by atoms with E-state index in [-0.39, 0.29) is 24.0 Å². The Labute approximate surface area is 198 Å². The molecule has 166 valence electrons. The van der Waals surface area contributed by atoms with Gasteiger partial charge in [0.2, 0.25) is 0 Å². The number of hydrogen-bond donors (Lipinski definition) is 2. The first-order valence-electron chi connectivity index (χ1n) is 10.4. The van der Waals surface area contributed by atoms with E-state index < -0.39 is 0 Å². The van der Waals surface area contributed by atoms with Gasteiger partial charge in [-0.1, -0.05) is 24.6 Å². The minimum absolute atomic E-state index is 0. The Morgan fingerprint density at radius 2 is 1.93 bits per heavy atom. The van der Waals surface area contributed by atoms with E-state index in [4.69, 9.17) is 21.3 Å². The number of likely N-dealkylation sites (N-methyl/N-ethyl adjacent to an activating group) is 1. The van der Waals surface area contributed by atoms with E-state index in [1.165, 1.54) is 0 Å². The second-order valence-corrected chi connectivity index (χ2v) is 7.58. The molecular weight excluding hydrogens is 501 g/mol. The zero-order chi connectivity index (χ0) is 20.4. The van der Waals surface area contributed by atoms with Crippen LogP contribution in [0.4, 0.5) is 0 Å². The molecule has 0 bridgehead atoms. The lowest BCUT2D eigenvalue weighted by Crippen LogP contribution is -2.50. The number of hydrogen-bond acceptors (Lipinski definition) is 4. The third-order valence-corrected chi connectivity index (χ3v) is 5.63. The molecule has 6 nitrogen and oxygen atoms in total. The summed E-state index contributed by atoms with van der Waals surface area (Å²) in [5.41, 5.74) is 1.10. The molecular formula is C21H37ClIN5O. The van der Waals surface area contributed by atoms with Gasteiger partial charge in [0, 0.05) is 50.3 Å². The molecule has 0 amide bonds. The number of aliphatic imine (C=N–C) groups is 1. The first-order valence-corrected chi connectivity index (χ1v) is 10.8. The fourth-order valence-corrected chi connectivity index (χ4v) is 3.64. The van der Waals surface area contributed by atoms with Crippen molar-refractivity contribution >= 4 is 41.5 Å². The number of nitrogens with zero attached hydrogens (tertiary/aromatic N) is 3. The molecule has 1 unspecified atom stereocenters. The topological polar surface area (TPSA) is 52.1 Å². The minimum Gasteiger partial charge on any atom is -0.497 e. The van der Waals surface area contributed by atoms with E-state index in [2.05, 4.69) is 41.2 Å². The minimum atomic E-state index is 0. The van der Waals surface area contributed by atoms with E-state index >= 15 is 0 Å². The number of ether oxygens (including phenoxy) is 1. The number of nitrogens with one attached hydrogen (secondary N) is 2. The average molecular weight is 538 g/mol. The lowest BCUT2D eigenvalue weighted by Gasteiger charge is -2.37. The zero-order valence-electron chi connectivity index (χ0n) is 18.2. The first-order chi connectivity index (χ1) is 13.6. The monoisotopic (exact) mass is 537 g/mol. The Kier molecular flexibility index (Phi) is 12.9. The van der Waals surface area contributed by atoms with Crippen LogP contribution >= 0.6 is 35.6 Å². The van der Waals surface area contributed by atoms with E-state index in [1.54, 1.807) is 7.11 Å². The SMILES string of the molecule is CCNC(=NCC(C)N1CCN(CC)CC1)NCCc1ccc(OC)cc1Cl.I. The second-order valence-electron chi connectivity index (χ2n) is 7.17. The summed E-state index contributed by atoms with van der Waals surface area (Å²) in [5, 5.41) is 7.50. The summed E-state index contributed by atoms with van der Waals surface area (Å²) in [5.74, 6) is 1.65. The van der Waals surface area contributed by atoms with Crippen molar-refractivity contribution in [2.75, 3.05) is 59.5 Å². The summed E-state index contributed by atoms with van der Waals surface area (Å²) < 4.78 is 5.21. The van der Waals surface area contributed by atoms with Gasteiger partial charge in [-0.25, -0.2) is 0 Å². The number of rotatable bonds is 9. The summed E-state index contributed by atoms with van der Waals surface area (Å²) in [6.45, 7) is 14.7. The summed E-state index contributed by atoms with van der Waals surface area (Å²) in [7, 11) is 1.65. The fraction of sp³-hybridized carbons (Fsp3) is 0.667. The molecule has 1 aliphatic rings. The molecule has 1 saturated heterocycles. The zero-order valence-corrected chi connectivity index (χ0v) is 21.3. The average Bonchev–Trinajstić information content (AvgIpc) is 2.72. The molecule has 0 saturated carbocycles. The molecule has 1 fully saturated rings. The molecule has 1 heterocycles. The number of methoxy groups -OCH3 is 1. The smallest absolute Gasteiger partial charge is 0.191 e. The van der Waals surface area contributed by atoms with Gasteiger partial charge in [-0.3, -0.25) is 9.89 Å². The molecule has 0 aliphatic carbocycles. The van der Waals surface area contributed by atoms with Crippen LogP contribution in [0.2, 0.25) is 5.02 Å². The molecule has 8 heteroatoms. The van der Waals surface area contributed by atoms with Crippen molar-refractivity contribution in [3.8, 4) is 5.75 Å². The van der Waals surface area contributed by atoms with Crippen LogP contribution in [0.15, 0.2) is 23.2 Å². The highest BCUT2D eigenvalue weighted by molar-refractivity contribution is 14.0. The molecule has 1 atom stereocenters. The predicted octanol–water partition coefficient (Wildman–Crippen LogP) is 3.09. The largest absolute Gasteiger partial charge is 0.497 e. The predicted molar refractivity (Wildman–Crippen MR) is 134 cm³/mol. The van der Waals surface area contributed by atoms with Crippen molar-refractivity contribution in [3.63, 3.8) is 0 Å². The van der Waals surface area contributed by atoms with Gasteiger partial charge in [0.15, 0.2) is 5.96 Å². The number of piperazine rings is 1. The Hall–Kier alpha value is -0.770. The van der Waals surface area contributed by atoms with Crippen LogP contribution < -0.4 is 15.4 Å². The number of benzene rings is 1. The van der Waals surface area contributed by atoms with E-state index in [0.29, 0.717) is 6.04 Å². The Balaban J connectivity index is 0.00000420. The van der Waals surface area contributed by atoms with E-state index in [9.17, 15) is 0 Å². The van der Waals surface area contributed by atoms with Gasteiger partial charge >= 0.3 is 0 Å². The van der Waals surface area contributed by atoms with Crippen molar-refractivity contribution in [2.24, 2.45) is 4.99 Å². The molecule has 2 rings (SSSR count). The van der Waals surface area contributed by atoms with Crippen LogP contribution in [-0.2, 0) is 6.42 Å². The van der Waals surface area contributed by atoms with E-state index in [1.807, 2.05) is 18.2 Å². The van der Waals surface area contributed by atoms with Gasteiger partial charge in [-0.2, -0.15) is 0 Å². The maximum Gasteiger partial charge on any atom is 0.191 e. The quantitative estimate of drug-likeness (QED) is 0.288. The van der Waals surface area contributed by atoms with Crippen LogP contribution in [0.3, 0.4) is 0 Å². The third kappa shape index (κ3) is 8.86. The van der Waals surface area contributed by atoms with Crippen molar-refractivity contribution in [1.29, 1.82) is 0 Å². The fourth-order valence-electron chi connectivity index (χ4n) is 3.37. The lowest BCUT2D eigenvalue weighted by atomic mass is 10.1. The highest BCUT2D eigenvalue weighted by Crippen LogP contribution is 2.22. The van der Waals surface area contributed by atoms with Gasteiger partial charge in [0.1, 0.15) is 5.75 Å². The summed E-state index contributed by atoms with van der Waals surface area (Å²) >= 11 is 6.33. The summed E-state index contributed by atoms with van der Waals surface area (Å²) in [6.07, 6.45) is 0.835. The molecule has 29 heavy (non-hydrogen) atoms. The molecule has 2 N–H and O–H groups in total. The van der Waals surface area contributed by atoms with E-state index in [0.717, 1.165) is 81.1 Å².